The summed E-state index contributed by atoms with van der Waals surface area (Å²) in [6.45, 7) is 14.8. The van der Waals surface area contributed by atoms with E-state index in [-0.39, 0.29) is 27.8 Å². The summed E-state index contributed by atoms with van der Waals surface area (Å²) in [5.74, 6) is 0.673. The van der Waals surface area contributed by atoms with Gasteiger partial charge in [-0.05, 0) is 108 Å². The number of benzene rings is 1. The van der Waals surface area contributed by atoms with Gasteiger partial charge in [-0.3, -0.25) is 0 Å². The lowest BCUT2D eigenvalue weighted by Gasteiger charge is -2.67. The maximum absolute atomic E-state index is 10.7. The summed E-state index contributed by atoms with van der Waals surface area (Å²) < 4.78 is 0. The van der Waals surface area contributed by atoms with Gasteiger partial charge in [0.25, 0.3) is 0 Å². The van der Waals surface area contributed by atoms with Crippen LogP contribution < -0.4 is 0 Å². The molecule has 2 saturated carbocycles. The lowest BCUT2D eigenvalue weighted by Crippen LogP contribution is -2.61. The summed E-state index contributed by atoms with van der Waals surface area (Å²) in [5, 5.41) is 20.9. The average molecular weight is 425 g/mol. The normalized spacial score (nSPS) is 45.8. The van der Waals surface area contributed by atoms with Crippen LogP contribution in [-0.4, -0.2) is 22.9 Å². The Morgan fingerprint density at radius 2 is 1.48 bits per heavy atom. The van der Waals surface area contributed by atoms with E-state index in [1.807, 2.05) is 0 Å². The van der Waals surface area contributed by atoms with Crippen LogP contribution in [0.1, 0.15) is 109 Å². The Labute approximate surface area is 189 Å². The molecule has 2 fully saturated rings. The molecule has 0 spiro atoms. The maximum atomic E-state index is 10.7. The Morgan fingerprint density at radius 3 is 2.19 bits per heavy atom. The zero-order chi connectivity index (χ0) is 22.4. The molecule has 2 heteroatoms. The third kappa shape index (κ3) is 2.76. The monoisotopic (exact) mass is 424 g/mol. The Balaban J connectivity index is 1.62. The lowest BCUT2D eigenvalue weighted by atomic mass is 9.37. The number of hydrogen-bond acceptors (Lipinski definition) is 2. The third-order valence-electron chi connectivity index (χ3n) is 11.6. The molecule has 2 nitrogen and oxygen atoms in total. The van der Waals surface area contributed by atoms with Gasteiger partial charge in [-0.1, -0.05) is 53.7 Å². The predicted molar refractivity (Wildman–Crippen MR) is 127 cm³/mol. The van der Waals surface area contributed by atoms with Gasteiger partial charge in [0.05, 0.1) is 6.10 Å². The van der Waals surface area contributed by atoms with Gasteiger partial charge in [0.1, 0.15) is 0 Å². The molecular weight excluding hydrogens is 380 g/mol. The van der Waals surface area contributed by atoms with Crippen LogP contribution in [0.2, 0.25) is 0 Å². The molecule has 2 N–H and O–H groups in total. The molecular formula is C29H44O2. The van der Waals surface area contributed by atoms with Gasteiger partial charge >= 0.3 is 0 Å². The zero-order valence-electron chi connectivity index (χ0n) is 20.8. The van der Waals surface area contributed by atoms with Crippen molar-refractivity contribution in [2.24, 2.45) is 22.2 Å². The minimum atomic E-state index is -0.240. The molecule has 4 aliphatic rings. The Kier molecular flexibility index (Phi) is 4.67. The van der Waals surface area contributed by atoms with Gasteiger partial charge in [0.2, 0.25) is 0 Å². The highest BCUT2D eigenvalue weighted by Crippen LogP contribution is 2.70. The number of aliphatic hydroxyl groups is 2. The van der Waals surface area contributed by atoms with Crippen LogP contribution in [0, 0.1) is 22.2 Å². The Bertz CT molecular complexity index is 902. The topological polar surface area (TPSA) is 40.5 Å². The zero-order valence-corrected chi connectivity index (χ0v) is 20.8. The Hall–Kier alpha value is -0.860. The van der Waals surface area contributed by atoms with Crippen molar-refractivity contribution in [2.75, 3.05) is 6.61 Å². The minimum Gasteiger partial charge on any atom is -0.396 e. The SMILES string of the molecule is CC1(C)c2ccc3c(c2CC[C@H]1O)CC[C@]1(C)[C@@H]2C[C@](C)(CO)CC[C@]2(C)CC[C@]31C. The molecule has 1 aromatic rings. The summed E-state index contributed by atoms with van der Waals surface area (Å²) in [7, 11) is 0. The van der Waals surface area contributed by atoms with Crippen molar-refractivity contribution in [2.45, 2.75) is 116 Å². The van der Waals surface area contributed by atoms with E-state index < -0.39 is 0 Å². The third-order valence-corrected chi connectivity index (χ3v) is 11.6. The number of fused-ring (bicyclic) bond motifs is 7. The number of rotatable bonds is 1. The maximum Gasteiger partial charge on any atom is 0.0634 e. The highest BCUT2D eigenvalue weighted by atomic mass is 16.3. The van der Waals surface area contributed by atoms with Gasteiger partial charge in [0.15, 0.2) is 0 Å². The summed E-state index contributed by atoms with van der Waals surface area (Å²) >= 11 is 0. The van der Waals surface area contributed by atoms with Crippen LogP contribution in [0.15, 0.2) is 12.1 Å². The summed E-state index contributed by atoms with van der Waals surface area (Å²) in [6, 6.07) is 4.84. The highest BCUT2D eigenvalue weighted by Gasteiger charge is 2.63. The molecule has 0 unspecified atom stereocenters. The van der Waals surface area contributed by atoms with Crippen molar-refractivity contribution in [1.29, 1.82) is 0 Å². The smallest absolute Gasteiger partial charge is 0.0634 e. The molecule has 172 valence electrons. The second-order valence-electron chi connectivity index (χ2n) is 13.5. The molecule has 0 saturated heterocycles. The van der Waals surface area contributed by atoms with Crippen molar-refractivity contribution in [3.8, 4) is 0 Å². The minimum absolute atomic E-state index is 0.0850. The first-order chi connectivity index (χ1) is 14.4. The molecule has 0 bridgehead atoms. The van der Waals surface area contributed by atoms with Crippen LogP contribution in [0.3, 0.4) is 0 Å². The molecule has 0 aliphatic heterocycles. The van der Waals surface area contributed by atoms with E-state index in [0.29, 0.717) is 17.9 Å². The van der Waals surface area contributed by atoms with Crippen molar-refractivity contribution in [3.63, 3.8) is 0 Å². The first-order valence-corrected chi connectivity index (χ1v) is 12.8. The summed E-state index contributed by atoms with van der Waals surface area (Å²) in [4.78, 5) is 0. The van der Waals surface area contributed by atoms with E-state index in [1.165, 1.54) is 50.5 Å². The van der Waals surface area contributed by atoms with Crippen LogP contribution in [0.5, 0.6) is 0 Å². The molecule has 5 rings (SSSR count). The first-order valence-electron chi connectivity index (χ1n) is 12.8. The molecule has 0 radical (unpaired) electrons. The molecule has 1 aromatic carbocycles. The first kappa shape index (κ1) is 22.0. The fourth-order valence-electron chi connectivity index (χ4n) is 8.73. The number of aliphatic hydroxyl groups excluding tert-OH is 2. The van der Waals surface area contributed by atoms with Gasteiger partial charge in [-0.25, -0.2) is 0 Å². The van der Waals surface area contributed by atoms with Crippen LogP contribution in [0.4, 0.5) is 0 Å². The fourth-order valence-corrected chi connectivity index (χ4v) is 8.73. The summed E-state index contributed by atoms with van der Waals surface area (Å²) in [5.41, 5.74) is 7.03. The Morgan fingerprint density at radius 1 is 0.839 bits per heavy atom. The van der Waals surface area contributed by atoms with Gasteiger partial charge in [0, 0.05) is 12.0 Å². The van der Waals surface area contributed by atoms with E-state index in [1.54, 1.807) is 16.7 Å². The van der Waals surface area contributed by atoms with E-state index in [9.17, 15) is 10.2 Å². The average Bonchev–Trinajstić information content (AvgIpc) is 2.73. The molecule has 4 aliphatic carbocycles. The standard InChI is InChI=1S/C29H44O2/c1-25(2)21-8-9-22-20(19(21)7-10-24(25)31)11-12-29(6)23-17-26(3,18-30)13-14-27(23,4)15-16-28(22,29)5/h8-9,23-24,30-31H,7,10-18H2,1-6H3/t23-,24-,26-,27-,28-,29-/m1/s1. The van der Waals surface area contributed by atoms with Crippen LogP contribution in [-0.2, 0) is 23.7 Å². The van der Waals surface area contributed by atoms with Crippen LogP contribution >= 0.6 is 0 Å². The van der Waals surface area contributed by atoms with Gasteiger partial charge < -0.3 is 10.2 Å². The quantitative estimate of drug-likeness (QED) is 0.573. The van der Waals surface area contributed by atoms with E-state index in [2.05, 4.69) is 53.7 Å². The predicted octanol–water partition coefficient (Wildman–Crippen LogP) is 6.08. The molecule has 6 atom stereocenters. The molecule has 31 heavy (non-hydrogen) atoms. The summed E-state index contributed by atoms with van der Waals surface area (Å²) in [6.07, 6.45) is 10.3. The second-order valence-corrected chi connectivity index (χ2v) is 13.5. The largest absolute Gasteiger partial charge is 0.396 e. The molecule has 0 amide bonds. The van der Waals surface area contributed by atoms with Crippen LogP contribution in [0.25, 0.3) is 0 Å². The van der Waals surface area contributed by atoms with Crippen molar-refractivity contribution in [1.82, 2.24) is 0 Å². The van der Waals surface area contributed by atoms with Gasteiger partial charge in [-0.2, -0.15) is 0 Å². The number of hydrogen-bond donors (Lipinski definition) is 2. The molecule has 0 aromatic heterocycles. The fraction of sp³-hybridized carbons (Fsp3) is 0.793. The van der Waals surface area contributed by atoms with E-state index in [0.717, 1.165) is 12.8 Å². The van der Waals surface area contributed by atoms with E-state index >= 15 is 0 Å². The van der Waals surface area contributed by atoms with E-state index in [4.69, 9.17) is 0 Å². The van der Waals surface area contributed by atoms with Crippen molar-refractivity contribution in [3.05, 3.63) is 34.4 Å². The molecule has 0 heterocycles. The lowest BCUT2D eigenvalue weighted by molar-refractivity contribution is -0.137. The van der Waals surface area contributed by atoms with Crippen molar-refractivity contribution >= 4 is 0 Å². The van der Waals surface area contributed by atoms with Crippen molar-refractivity contribution < 1.29 is 10.2 Å². The van der Waals surface area contributed by atoms with Gasteiger partial charge in [-0.15, -0.1) is 0 Å². The highest BCUT2D eigenvalue weighted by molar-refractivity contribution is 5.52. The second kappa shape index (κ2) is 6.60.